The Labute approximate surface area is 131 Å². The van der Waals surface area contributed by atoms with Gasteiger partial charge in [-0.05, 0) is 59.0 Å². The van der Waals surface area contributed by atoms with Crippen molar-refractivity contribution in [3.63, 3.8) is 0 Å². The molecule has 0 unspecified atom stereocenters. The number of halogens is 1. The number of benzene rings is 1. The zero-order chi connectivity index (χ0) is 13.9. The summed E-state index contributed by atoms with van der Waals surface area (Å²) in [4.78, 5) is 15.5. The number of para-hydroxylation sites is 1. The minimum absolute atomic E-state index is 0.206. The Kier molecular flexibility index (Phi) is 4.22. The molecule has 1 aromatic heterocycles. The number of ketones is 1. The molecule has 104 valence electrons. The van der Waals surface area contributed by atoms with Gasteiger partial charge in [-0.2, -0.15) is 0 Å². The fourth-order valence-electron chi connectivity index (χ4n) is 2.65. The number of anilines is 1. The van der Waals surface area contributed by atoms with Crippen LogP contribution >= 0.6 is 27.3 Å². The molecule has 0 radical (unpaired) electrons. The van der Waals surface area contributed by atoms with Crippen LogP contribution in [-0.2, 0) is 6.42 Å². The lowest BCUT2D eigenvalue weighted by Crippen LogP contribution is -2.30. The molecule has 0 amide bonds. The normalized spacial score (nSPS) is 14.8. The first-order valence-electron chi connectivity index (χ1n) is 6.85. The molecule has 0 saturated carbocycles. The number of fused-ring (bicyclic) bond motifs is 1. The van der Waals surface area contributed by atoms with Gasteiger partial charge in [0.1, 0.15) is 0 Å². The van der Waals surface area contributed by atoms with Crippen molar-refractivity contribution in [3.8, 4) is 0 Å². The molecule has 20 heavy (non-hydrogen) atoms. The third kappa shape index (κ3) is 2.96. The third-order valence-electron chi connectivity index (χ3n) is 3.64. The monoisotopic (exact) mass is 349 g/mol. The van der Waals surface area contributed by atoms with Crippen molar-refractivity contribution in [2.24, 2.45) is 0 Å². The second-order valence-corrected chi connectivity index (χ2v) is 7.50. The largest absolute Gasteiger partial charge is 0.364 e. The lowest BCUT2D eigenvalue weighted by molar-refractivity contribution is 0.100. The van der Waals surface area contributed by atoms with E-state index >= 15 is 0 Å². The second-order valence-electron chi connectivity index (χ2n) is 5.03. The third-order valence-corrected chi connectivity index (χ3v) is 5.30. The molecule has 0 saturated heterocycles. The van der Waals surface area contributed by atoms with E-state index in [1.807, 2.05) is 12.1 Å². The minimum Gasteiger partial charge on any atom is -0.364 e. The van der Waals surface area contributed by atoms with E-state index in [1.54, 1.807) is 0 Å². The first-order chi connectivity index (χ1) is 9.74. The minimum atomic E-state index is 0.206. The van der Waals surface area contributed by atoms with E-state index in [-0.39, 0.29) is 5.78 Å². The van der Waals surface area contributed by atoms with E-state index in [2.05, 4.69) is 45.1 Å². The van der Waals surface area contributed by atoms with E-state index in [0.717, 1.165) is 28.0 Å². The number of aryl methyl sites for hydroxylation is 1. The molecular formula is C16H16BrNOS. The van der Waals surface area contributed by atoms with E-state index in [9.17, 15) is 4.79 Å². The van der Waals surface area contributed by atoms with E-state index < -0.39 is 0 Å². The van der Waals surface area contributed by atoms with Crippen molar-refractivity contribution in [3.05, 3.63) is 50.6 Å². The lowest BCUT2D eigenvalue weighted by Gasteiger charge is -2.23. The molecule has 2 heterocycles. The molecule has 0 spiro atoms. The molecule has 0 fully saturated rings. The van der Waals surface area contributed by atoms with Crippen LogP contribution in [0.4, 0.5) is 5.69 Å². The van der Waals surface area contributed by atoms with Gasteiger partial charge >= 0.3 is 0 Å². The molecule has 2 nitrogen and oxygen atoms in total. The zero-order valence-corrected chi connectivity index (χ0v) is 13.5. The summed E-state index contributed by atoms with van der Waals surface area (Å²) in [6, 6.07) is 12.3. The number of hydrogen-bond donors (Lipinski definition) is 0. The Morgan fingerprint density at radius 2 is 2.05 bits per heavy atom. The van der Waals surface area contributed by atoms with Crippen LogP contribution in [-0.4, -0.2) is 18.9 Å². The van der Waals surface area contributed by atoms with Gasteiger partial charge in [0.25, 0.3) is 0 Å². The van der Waals surface area contributed by atoms with Gasteiger partial charge in [-0.1, -0.05) is 18.2 Å². The van der Waals surface area contributed by atoms with Crippen molar-refractivity contribution < 1.29 is 4.79 Å². The molecule has 3 rings (SSSR count). The summed E-state index contributed by atoms with van der Waals surface area (Å²) in [5.74, 6) is 0.206. The molecule has 1 aromatic carbocycles. The van der Waals surface area contributed by atoms with Gasteiger partial charge in [-0.3, -0.25) is 4.79 Å². The van der Waals surface area contributed by atoms with Gasteiger partial charge in [0.05, 0.1) is 15.2 Å². The van der Waals surface area contributed by atoms with Gasteiger partial charge in [0.2, 0.25) is 0 Å². The van der Waals surface area contributed by atoms with Gasteiger partial charge in [-0.15, -0.1) is 11.3 Å². The maximum Gasteiger partial charge on any atom is 0.192 e. The number of thiophene rings is 1. The maximum absolute atomic E-state index is 12.4. The molecule has 0 aliphatic carbocycles. The Balaban J connectivity index is 1.82. The number of carbonyl (C=O) groups excluding carboxylic acids is 1. The van der Waals surface area contributed by atoms with Crippen LogP contribution in [0.3, 0.4) is 0 Å². The van der Waals surface area contributed by atoms with E-state index in [4.69, 9.17) is 0 Å². The van der Waals surface area contributed by atoms with Crippen LogP contribution in [0.15, 0.2) is 40.2 Å². The number of hydrogen-bond acceptors (Lipinski definition) is 3. The predicted molar refractivity (Wildman–Crippen MR) is 87.9 cm³/mol. The fraction of sp³-hybridized carbons (Fsp3) is 0.312. The van der Waals surface area contributed by atoms with Crippen LogP contribution < -0.4 is 4.90 Å². The lowest BCUT2D eigenvalue weighted by atomic mass is 10.1. The topological polar surface area (TPSA) is 20.3 Å². The van der Waals surface area contributed by atoms with E-state index in [1.165, 1.54) is 29.0 Å². The number of Topliss-reactive ketones (excluding diaryl/α,β-unsaturated/α-hetero) is 1. The number of rotatable bonds is 3. The van der Waals surface area contributed by atoms with Crippen molar-refractivity contribution in [2.45, 2.75) is 19.3 Å². The molecule has 0 N–H and O–H groups in total. The highest BCUT2D eigenvalue weighted by Crippen LogP contribution is 2.27. The maximum atomic E-state index is 12.4. The zero-order valence-electron chi connectivity index (χ0n) is 11.1. The smallest absolute Gasteiger partial charge is 0.192 e. The summed E-state index contributed by atoms with van der Waals surface area (Å²) in [5.41, 5.74) is 2.60. The van der Waals surface area contributed by atoms with Crippen molar-refractivity contribution >= 4 is 38.7 Å². The second kappa shape index (κ2) is 6.10. The Morgan fingerprint density at radius 1 is 1.20 bits per heavy atom. The first-order valence-corrected chi connectivity index (χ1v) is 8.46. The van der Waals surface area contributed by atoms with Crippen LogP contribution in [0.25, 0.3) is 0 Å². The molecule has 1 aliphatic rings. The SMILES string of the molecule is O=C(CN1CCCCc2ccccc21)c1ccc(Br)s1. The van der Waals surface area contributed by atoms with Gasteiger partial charge in [0.15, 0.2) is 5.78 Å². The number of nitrogens with zero attached hydrogens (tertiary/aromatic N) is 1. The summed E-state index contributed by atoms with van der Waals surface area (Å²) in [5, 5.41) is 0. The standard InChI is InChI=1S/C16H16BrNOS/c17-16-9-8-15(20-16)14(19)11-18-10-4-3-6-12-5-1-2-7-13(12)18/h1-2,5,7-9H,3-4,6,10-11H2. The summed E-state index contributed by atoms with van der Waals surface area (Å²) >= 11 is 4.93. The Hall–Kier alpha value is -1.13. The summed E-state index contributed by atoms with van der Waals surface area (Å²) in [6.07, 6.45) is 3.47. The molecular weight excluding hydrogens is 334 g/mol. The molecule has 4 heteroatoms. The van der Waals surface area contributed by atoms with Crippen LogP contribution in [0, 0.1) is 0 Å². The fourth-order valence-corrected chi connectivity index (χ4v) is 3.96. The van der Waals surface area contributed by atoms with Crippen molar-refractivity contribution in [1.82, 2.24) is 0 Å². The highest BCUT2D eigenvalue weighted by molar-refractivity contribution is 9.11. The molecule has 2 aromatic rings. The van der Waals surface area contributed by atoms with Crippen LogP contribution in [0.5, 0.6) is 0 Å². The quantitative estimate of drug-likeness (QED) is 0.758. The van der Waals surface area contributed by atoms with Crippen LogP contribution in [0.2, 0.25) is 0 Å². The average Bonchev–Trinajstić information content (AvgIpc) is 2.79. The number of carbonyl (C=O) groups is 1. The summed E-state index contributed by atoms with van der Waals surface area (Å²) < 4.78 is 1.01. The highest BCUT2D eigenvalue weighted by atomic mass is 79.9. The summed E-state index contributed by atoms with van der Waals surface area (Å²) in [6.45, 7) is 1.44. The molecule has 0 bridgehead atoms. The van der Waals surface area contributed by atoms with E-state index in [0.29, 0.717) is 6.54 Å². The highest BCUT2D eigenvalue weighted by Gasteiger charge is 2.18. The predicted octanol–water partition coefficient (Wildman–Crippen LogP) is 4.54. The first kappa shape index (κ1) is 13.8. The van der Waals surface area contributed by atoms with Crippen LogP contribution in [0.1, 0.15) is 28.1 Å². The Morgan fingerprint density at radius 3 is 2.85 bits per heavy atom. The summed E-state index contributed by atoms with van der Waals surface area (Å²) in [7, 11) is 0. The van der Waals surface area contributed by atoms with Crippen molar-refractivity contribution in [1.29, 1.82) is 0 Å². The van der Waals surface area contributed by atoms with Gasteiger partial charge in [0, 0.05) is 12.2 Å². The molecule has 0 atom stereocenters. The van der Waals surface area contributed by atoms with Gasteiger partial charge < -0.3 is 4.90 Å². The van der Waals surface area contributed by atoms with Crippen molar-refractivity contribution in [2.75, 3.05) is 18.0 Å². The average molecular weight is 350 g/mol. The Bertz CT molecular complexity index is 622. The molecule has 1 aliphatic heterocycles. The van der Waals surface area contributed by atoms with Gasteiger partial charge in [-0.25, -0.2) is 0 Å².